The first-order chi connectivity index (χ1) is 14.3. The zero-order valence-corrected chi connectivity index (χ0v) is 18.6. The molecule has 5 heteroatoms. The van der Waals surface area contributed by atoms with E-state index in [1.165, 1.54) is 0 Å². The molecule has 4 nitrogen and oxygen atoms in total. The van der Waals surface area contributed by atoms with Gasteiger partial charge in [0.25, 0.3) is 5.91 Å². The molecular weight excluding hydrogens is 396 g/mol. The predicted octanol–water partition coefficient (Wildman–Crippen LogP) is 5.66. The summed E-state index contributed by atoms with van der Waals surface area (Å²) in [6.45, 7) is 9.35. The maximum Gasteiger partial charge on any atom is 0.255 e. The van der Waals surface area contributed by atoms with Crippen molar-refractivity contribution in [2.75, 3.05) is 13.1 Å². The second kappa shape index (κ2) is 8.29. The van der Waals surface area contributed by atoms with Crippen LogP contribution < -0.4 is 0 Å². The van der Waals surface area contributed by atoms with Crippen LogP contribution in [0, 0.1) is 13.8 Å². The molecule has 4 rings (SSSR count). The molecule has 0 saturated carbocycles. The number of benzene rings is 2. The molecule has 2 aromatic carbocycles. The zero-order valence-electron chi connectivity index (χ0n) is 17.9. The molecule has 0 N–H and O–H groups in total. The SMILES string of the molecule is Cc1ccccc1-n1c(-c2ccc(Cl)cc2)cc(C(=O)N2CC(C)OC(C)C2)c1C. The van der Waals surface area contributed by atoms with Crippen molar-refractivity contribution >= 4 is 17.5 Å². The first kappa shape index (κ1) is 20.7. The third-order valence-electron chi connectivity index (χ3n) is 5.68. The van der Waals surface area contributed by atoms with Gasteiger partial charge < -0.3 is 14.2 Å². The summed E-state index contributed by atoms with van der Waals surface area (Å²) in [5.74, 6) is 0.0528. The van der Waals surface area contributed by atoms with Crippen molar-refractivity contribution in [1.82, 2.24) is 9.47 Å². The zero-order chi connectivity index (χ0) is 21.4. The Kier molecular flexibility index (Phi) is 5.72. The second-order valence-corrected chi connectivity index (χ2v) is 8.56. The maximum atomic E-state index is 13.5. The molecule has 2 atom stereocenters. The van der Waals surface area contributed by atoms with E-state index in [1.807, 2.05) is 68.1 Å². The van der Waals surface area contributed by atoms with E-state index in [4.69, 9.17) is 16.3 Å². The van der Waals surface area contributed by atoms with Gasteiger partial charge in [0.2, 0.25) is 0 Å². The normalized spacial score (nSPS) is 19.2. The summed E-state index contributed by atoms with van der Waals surface area (Å²) in [7, 11) is 0. The number of amides is 1. The molecule has 30 heavy (non-hydrogen) atoms. The fourth-order valence-corrected chi connectivity index (χ4v) is 4.42. The number of hydrogen-bond donors (Lipinski definition) is 0. The smallest absolute Gasteiger partial charge is 0.255 e. The van der Waals surface area contributed by atoms with Crippen LogP contribution in [0.3, 0.4) is 0 Å². The summed E-state index contributed by atoms with van der Waals surface area (Å²) in [6, 6.07) is 18.0. The number of hydrogen-bond acceptors (Lipinski definition) is 2. The number of para-hydroxylation sites is 1. The largest absolute Gasteiger partial charge is 0.372 e. The molecule has 2 unspecified atom stereocenters. The Morgan fingerprint density at radius 3 is 2.27 bits per heavy atom. The van der Waals surface area contributed by atoms with E-state index in [-0.39, 0.29) is 18.1 Å². The number of aryl methyl sites for hydroxylation is 1. The Hall–Kier alpha value is -2.56. The predicted molar refractivity (Wildman–Crippen MR) is 122 cm³/mol. The van der Waals surface area contributed by atoms with Crippen molar-refractivity contribution in [3.8, 4) is 16.9 Å². The van der Waals surface area contributed by atoms with Crippen LogP contribution >= 0.6 is 11.6 Å². The van der Waals surface area contributed by atoms with Crippen LogP contribution in [0.15, 0.2) is 54.6 Å². The van der Waals surface area contributed by atoms with Crippen LogP contribution in [0.2, 0.25) is 5.02 Å². The number of aromatic nitrogens is 1. The summed E-state index contributed by atoms with van der Waals surface area (Å²) >= 11 is 6.12. The van der Waals surface area contributed by atoms with Gasteiger partial charge in [0.15, 0.2) is 0 Å². The number of ether oxygens (including phenoxy) is 1. The van der Waals surface area contributed by atoms with Crippen molar-refractivity contribution in [3.05, 3.63) is 76.4 Å². The van der Waals surface area contributed by atoms with Gasteiger partial charge in [-0.2, -0.15) is 0 Å². The molecule has 1 aromatic heterocycles. The van der Waals surface area contributed by atoms with Gasteiger partial charge >= 0.3 is 0 Å². The number of carbonyl (C=O) groups excluding carboxylic acids is 1. The van der Waals surface area contributed by atoms with Crippen molar-refractivity contribution in [2.45, 2.75) is 39.9 Å². The van der Waals surface area contributed by atoms with E-state index in [2.05, 4.69) is 23.6 Å². The lowest BCUT2D eigenvalue weighted by atomic mass is 10.1. The molecule has 3 aromatic rings. The lowest BCUT2D eigenvalue weighted by Gasteiger charge is -2.35. The van der Waals surface area contributed by atoms with E-state index in [1.54, 1.807) is 0 Å². The van der Waals surface area contributed by atoms with E-state index in [0.29, 0.717) is 18.1 Å². The summed E-state index contributed by atoms with van der Waals surface area (Å²) in [5, 5.41) is 0.692. The minimum atomic E-state index is 0.0344. The Balaban J connectivity index is 1.85. The average Bonchev–Trinajstić information content (AvgIpc) is 3.04. The first-order valence-corrected chi connectivity index (χ1v) is 10.7. The third kappa shape index (κ3) is 3.90. The highest BCUT2D eigenvalue weighted by Crippen LogP contribution is 2.32. The Labute approximate surface area is 183 Å². The van der Waals surface area contributed by atoms with E-state index in [9.17, 15) is 4.79 Å². The second-order valence-electron chi connectivity index (χ2n) is 8.12. The first-order valence-electron chi connectivity index (χ1n) is 10.3. The van der Waals surface area contributed by atoms with Crippen LogP contribution in [0.25, 0.3) is 16.9 Å². The lowest BCUT2D eigenvalue weighted by molar-refractivity contribution is -0.0586. The van der Waals surface area contributed by atoms with Gasteiger partial charge in [0.1, 0.15) is 0 Å². The summed E-state index contributed by atoms with van der Waals surface area (Å²) < 4.78 is 8.00. The molecule has 156 valence electrons. The van der Waals surface area contributed by atoms with Crippen LogP contribution in [-0.4, -0.2) is 40.7 Å². The highest BCUT2D eigenvalue weighted by Gasteiger charge is 2.29. The number of carbonyl (C=O) groups is 1. The molecule has 2 heterocycles. The van der Waals surface area contributed by atoms with Crippen molar-refractivity contribution < 1.29 is 9.53 Å². The van der Waals surface area contributed by atoms with Crippen LogP contribution in [0.4, 0.5) is 0 Å². The van der Waals surface area contributed by atoms with Crippen LogP contribution in [0.1, 0.15) is 35.5 Å². The average molecular weight is 423 g/mol. The fraction of sp³-hybridized carbons (Fsp3) is 0.320. The topological polar surface area (TPSA) is 34.5 Å². The van der Waals surface area contributed by atoms with Gasteiger partial charge in [-0.1, -0.05) is 41.9 Å². The maximum absolute atomic E-state index is 13.5. The molecule has 1 saturated heterocycles. The summed E-state index contributed by atoms with van der Waals surface area (Å²) in [5.41, 5.74) is 5.89. The minimum Gasteiger partial charge on any atom is -0.372 e. The third-order valence-corrected chi connectivity index (χ3v) is 5.93. The summed E-state index contributed by atoms with van der Waals surface area (Å²) in [4.78, 5) is 15.4. The number of morpholine rings is 1. The lowest BCUT2D eigenvalue weighted by Crippen LogP contribution is -2.48. The van der Waals surface area contributed by atoms with Crippen LogP contribution in [-0.2, 0) is 4.74 Å². The van der Waals surface area contributed by atoms with E-state index in [0.717, 1.165) is 33.8 Å². The van der Waals surface area contributed by atoms with Crippen molar-refractivity contribution in [3.63, 3.8) is 0 Å². The molecule has 1 fully saturated rings. The number of halogens is 1. The quantitative estimate of drug-likeness (QED) is 0.545. The van der Waals surface area contributed by atoms with Crippen LogP contribution in [0.5, 0.6) is 0 Å². The van der Waals surface area contributed by atoms with E-state index < -0.39 is 0 Å². The molecule has 0 bridgehead atoms. The standard InChI is InChI=1S/C25H27ClN2O2/c1-16-7-5-6-8-23(16)28-19(4)22(13-24(28)20-9-11-21(26)12-10-20)25(29)27-14-17(2)30-18(3)15-27/h5-13,17-18H,14-15H2,1-4H3. The Bertz CT molecular complexity index is 1060. The van der Waals surface area contributed by atoms with E-state index >= 15 is 0 Å². The van der Waals surface area contributed by atoms with Gasteiger partial charge in [0.05, 0.1) is 23.5 Å². The minimum absolute atomic E-state index is 0.0344. The Morgan fingerprint density at radius 1 is 1.00 bits per heavy atom. The molecule has 1 amide bonds. The Morgan fingerprint density at radius 2 is 1.63 bits per heavy atom. The van der Waals surface area contributed by atoms with Crippen molar-refractivity contribution in [1.29, 1.82) is 0 Å². The molecule has 1 aliphatic rings. The van der Waals surface area contributed by atoms with Gasteiger partial charge in [0, 0.05) is 29.5 Å². The van der Waals surface area contributed by atoms with Gasteiger partial charge in [-0.05, 0) is 63.1 Å². The molecule has 0 radical (unpaired) electrons. The molecule has 0 spiro atoms. The van der Waals surface area contributed by atoms with Gasteiger partial charge in [-0.15, -0.1) is 0 Å². The fourth-order valence-electron chi connectivity index (χ4n) is 4.30. The number of nitrogens with zero attached hydrogens (tertiary/aromatic N) is 2. The molecule has 0 aliphatic carbocycles. The summed E-state index contributed by atoms with van der Waals surface area (Å²) in [6.07, 6.45) is 0.0689. The van der Waals surface area contributed by atoms with Crippen molar-refractivity contribution in [2.24, 2.45) is 0 Å². The number of rotatable bonds is 3. The molecular formula is C25H27ClN2O2. The highest BCUT2D eigenvalue weighted by atomic mass is 35.5. The van der Waals surface area contributed by atoms with Gasteiger partial charge in [-0.25, -0.2) is 0 Å². The monoisotopic (exact) mass is 422 g/mol. The molecule has 1 aliphatic heterocycles. The van der Waals surface area contributed by atoms with Gasteiger partial charge in [-0.3, -0.25) is 4.79 Å². The highest BCUT2D eigenvalue weighted by molar-refractivity contribution is 6.30.